The van der Waals surface area contributed by atoms with E-state index >= 15 is 0 Å². The maximum absolute atomic E-state index is 13.4. The van der Waals surface area contributed by atoms with Gasteiger partial charge in [-0.2, -0.15) is 5.10 Å². The number of fused-ring (bicyclic) bond motifs is 1. The molecule has 0 atom stereocenters. The molecule has 0 fully saturated rings. The van der Waals surface area contributed by atoms with Gasteiger partial charge in [0.15, 0.2) is 0 Å². The van der Waals surface area contributed by atoms with Gasteiger partial charge in [-0.25, -0.2) is 14.4 Å². The highest BCUT2D eigenvalue weighted by Gasteiger charge is 2.24. The van der Waals surface area contributed by atoms with Gasteiger partial charge in [0.05, 0.1) is 11.8 Å². The number of aromatic nitrogens is 5. The van der Waals surface area contributed by atoms with Crippen molar-refractivity contribution in [2.45, 2.75) is 0 Å². The third kappa shape index (κ3) is 6.25. The number of hydrogen-bond donors (Lipinski definition) is 2. The number of furan rings is 1. The summed E-state index contributed by atoms with van der Waals surface area (Å²) in [6.45, 7) is 3.52. The summed E-state index contributed by atoms with van der Waals surface area (Å²) >= 11 is 0. The minimum absolute atomic E-state index is 0.0921. The first-order valence-electron chi connectivity index (χ1n) is 15.1. The molecule has 0 aliphatic carbocycles. The monoisotopic (exact) mass is 667 g/mol. The lowest BCUT2D eigenvalue weighted by atomic mass is 10.0. The van der Waals surface area contributed by atoms with Crippen molar-refractivity contribution in [2.24, 2.45) is 7.05 Å². The molecule has 7 rings (SSSR count). The molecule has 0 saturated carbocycles. The van der Waals surface area contributed by atoms with Crippen LogP contribution in [0.5, 0.6) is 11.6 Å². The van der Waals surface area contributed by atoms with Crippen LogP contribution in [0, 0.1) is 5.82 Å². The minimum atomic E-state index is -0.616. The van der Waals surface area contributed by atoms with E-state index in [1.54, 1.807) is 72.7 Å². The highest BCUT2D eigenvalue weighted by Crippen LogP contribution is 2.44. The summed E-state index contributed by atoms with van der Waals surface area (Å²) in [5.74, 6) is -0.342. The second kappa shape index (κ2) is 13.2. The van der Waals surface area contributed by atoms with Crippen molar-refractivity contribution in [1.29, 1.82) is 0 Å². The molecule has 0 aliphatic heterocycles. The lowest BCUT2D eigenvalue weighted by molar-refractivity contribution is -0.111. The number of amides is 2. The molecule has 246 valence electrons. The quantitative estimate of drug-likeness (QED) is 0.161. The standard InChI is InChI=1S/C37H26FN7O5/c1-3-30(46)42-26-7-4-6-22(18-26)31-32-35(39-21-40-36(32)50-33(31)23-19-41-44(2)20-23)49-28-15-11-25(12-16-28)43-34(47)29-8-5-17-45(37(29)48)27-13-9-24(38)10-14-27/h3-21H,1H2,2H3,(H,42,46)(H,43,47). The number of halogens is 1. The van der Waals surface area contributed by atoms with E-state index in [9.17, 15) is 18.8 Å². The maximum atomic E-state index is 13.4. The lowest BCUT2D eigenvalue weighted by Gasteiger charge is -2.10. The van der Waals surface area contributed by atoms with Crippen LogP contribution >= 0.6 is 0 Å². The lowest BCUT2D eigenvalue weighted by Crippen LogP contribution is -2.27. The van der Waals surface area contributed by atoms with Gasteiger partial charge in [-0.1, -0.05) is 18.7 Å². The highest BCUT2D eigenvalue weighted by molar-refractivity contribution is 6.05. The van der Waals surface area contributed by atoms with E-state index in [4.69, 9.17) is 9.15 Å². The summed E-state index contributed by atoms with van der Waals surface area (Å²) in [6.07, 6.45) is 7.49. The van der Waals surface area contributed by atoms with Gasteiger partial charge < -0.3 is 19.8 Å². The summed E-state index contributed by atoms with van der Waals surface area (Å²) < 4.78 is 28.8. The molecule has 7 aromatic rings. The van der Waals surface area contributed by atoms with Crippen LogP contribution < -0.4 is 20.9 Å². The van der Waals surface area contributed by atoms with Crippen molar-refractivity contribution in [3.05, 3.63) is 144 Å². The number of pyridine rings is 1. The van der Waals surface area contributed by atoms with Gasteiger partial charge >= 0.3 is 0 Å². The first-order chi connectivity index (χ1) is 24.3. The van der Waals surface area contributed by atoms with Crippen LogP contribution in [0.25, 0.3) is 39.2 Å². The number of aryl methyl sites for hydroxylation is 1. The number of nitrogens with one attached hydrogen (secondary N) is 2. The molecule has 4 heterocycles. The first kappa shape index (κ1) is 31.4. The van der Waals surface area contributed by atoms with Crippen LogP contribution in [0.2, 0.25) is 0 Å². The predicted octanol–water partition coefficient (Wildman–Crippen LogP) is 6.75. The van der Waals surface area contributed by atoms with Gasteiger partial charge in [-0.05, 0) is 84.4 Å². The Bertz CT molecular complexity index is 2470. The second-order valence-corrected chi connectivity index (χ2v) is 11.0. The zero-order chi connectivity index (χ0) is 34.8. The van der Waals surface area contributed by atoms with Gasteiger partial charge in [-0.15, -0.1) is 0 Å². The number of carbonyl (C=O) groups is 2. The molecular formula is C37H26FN7O5. The topological polar surface area (TPSA) is 146 Å². The van der Waals surface area contributed by atoms with Gasteiger partial charge in [-0.3, -0.25) is 23.6 Å². The number of nitrogens with zero attached hydrogens (tertiary/aromatic N) is 5. The molecule has 0 radical (unpaired) electrons. The van der Waals surface area contributed by atoms with E-state index in [2.05, 4.69) is 32.3 Å². The Labute approximate surface area is 283 Å². The third-order valence-electron chi connectivity index (χ3n) is 7.65. The molecule has 2 amide bonds. The fourth-order valence-corrected chi connectivity index (χ4v) is 5.34. The van der Waals surface area contributed by atoms with Crippen LogP contribution in [0.15, 0.2) is 132 Å². The van der Waals surface area contributed by atoms with Crippen LogP contribution in [-0.2, 0) is 11.8 Å². The summed E-state index contributed by atoms with van der Waals surface area (Å²) in [5, 5.41) is 10.3. The Morgan fingerprint density at radius 3 is 2.48 bits per heavy atom. The van der Waals surface area contributed by atoms with Crippen molar-refractivity contribution in [3.8, 4) is 39.8 Å². The Balaban J connectivity index is 1.19. The predicted molar refractivity (Wildman–Crippen MR) is 185 cm³/mol. The molecule has 13 heteroatoms. The van der Waals surface area contributed by atoms with E-state index in [1.165, 1.54) is 53.5 Å². The summed E-state index contributed by atoms with van der Waals surface area (Å²) in [4.78, 5) is 47.0. The van der Waals surface area contributed by atoms with Crippen LogP contribution in [0.3, 0.4) is 0 Å². The molecule has 12 nitrogen and oxygen atoms in total. The number of carbonyl (C=O) groups excluding carboxylic acids is 2. The Morgan fingerprint density at radius 2 is 1.74 bits per heavy atom. The zero-order valence-corrected chi connectivity index (χ0v) is 26.3. The van der Waals surface area contributed by atoms with Crippen molar-refractivity contribution in [2.75, 3.05) is 10.6 Å². The minimum Gasteiger partial charge on any atom is -0.438 e. The number of anilines is 2. The first-order valence-corrected chi connectivity index (χ1v) is 15.1. The molecule has 50 heavy (non-hydrogen) atoms. The summed E-state index contributed by atoms with van der Waals surface area (Å²) in [5.41, 5.74) is 3.00. The van der Waals surface area contributed by atoms with Crippen molar-refractivity contribution >= 4 is 34.3 Å². The Kier molecular flexibility index (Phi) is 8.28. The molecule has 0 aliphatic rings. The Morgan fingerprint density at radius 1 is 0.940 bits per heavy atom. The van der Waals surface area contributed by atoms with Gasteiger partial charge in [0.2, 0.25) is 17.5 Å². The van der Waals surface area contributed by atoms with E-state index in [-0.39, 0.29) is 23.1 Å². The van der Waals surface area contributed by atoms with Crippen LogP contribution in [-0.4, -0.2) is 36.1 Å². The molecule has 2 N–H and O–H groups in total. The molecule has 0 saturated heterocycles. The average molecular weight is 668 g/mol. The molecular weight excluding hydrogens is 641 g/mol. The second-order valence-electron chi connectivity index (χ2n) is 11.0. The molecule has 0 bridgehead atoms. The van der Waals surface area contributed by atoms with Gasteiger partial charge in [0.1, 0.15) is 34.6 Å². The fourth-order valence-electron chi connectivity index (χ4n) is 5.34. The summed E-state index contributed by atoms with van der Waals surface area (Å²) in [6, 6.07) is 22.1. The van der Waals surface area contributed by atoms with Crippen LogP contribution in [0.1, 0.15) is 10.4 Å². The molecule has 3 aromatic carbocycles. The SMILES string of the molecule is C=CC(=O)Nc1cccc(-c2c(-c3cnn(C)c3)oc3ncnc(Oc4ccc(NC(=O)c5cccn(-c6ccc(F)cc6)c5=O)cc4)c23)c1. The van der Waals surface area contributed by atoms with Crippen molar-refractivity contribution in [1.82, 2.24) is 24.3 Å². The maximum Gasteiger partial charge on any atom is 0.267 e. The molecule has 4 aromatic heterocycles. The van der Waals surface area contributed by atoms with E-state index < -0.39 is 17.3 Å². The number of ether oxygens (including phenoxy) is 1. The molecule has 0 spiro atoms. The van der Waals surface area contributed by atoms with Crippen molar-refractivity contribution < 1.29 is 23.1 Å². The normalized spacial score (nSPS) is 10.9. The summed E-state index contributed by atoms with van der Waals surface area (Å²) in [7, 11) is 1.79. The smallest absolute Gasteiger partial charge is 0.267 e. The van der Waals surface area contributed by atoms with Gasteiger partial charge in [0.25, 0.3) is 11.5 Å². The Hall–Kier alpha value is -7.15. The van der Waals surface area contributed by atoms with Crippen LogP contribution in [0.4, 0.5) is 15.8 Å². The third-order valence-corrected chi connectivity index (χ3v) is 7.65. The number of rotatable bonds is 9. The van der Waals surface area contributed by atoms with E-state index in [1.807, 2.05) is 6.07 Å². The van der Waals surface area contributed by atoms with Crippen molar-refractivity contribution in [3.63, 3.8) is 0 Å². The number of benzene rings is 3. The largest absolute Gasteiger partial charge is 0.438 e. The highest BCUT2D eigenvalue weighted by atomic mass is 19.1. The zero-order valence-electron chi connectivity index (χ0n) is 26.3. The van der Waals surface area contributed by atoms with Gasteiger partial charge in [0, 0.05) is 42.1 Å². The molecule has 0 unspecified atom stereocenters. The van der Waals surface area contributed by atoms with E-state index in [0.29, 0.717) is 50.6 Å². The number of hydrogen-bond acceptors (Lipinski definition) is 8. The van der Waals surface area contributed by atoms with E-state index in [0.717, 1.165) is 0 Å². The fraction of sp³-hybridized carbons (Fsp3) is 0.0270. The average Bonchev–Trinajstić information content (AvgIpc) is 3.74.